The molecule has 1 saturated heterocycles. The summed E-state index contributed by atoms with van der Waals surface area (Å²) < 4.78 is 5.54. The van der Waals surface area contributed by atoms with Crippen LogP contribution in [0.3, 0.4) is 0 Å². The van der Waals surface area contributed by atoms with Gasteiger partial charge in [0.25, 0.3) is 0 Å². The Morgan fingerprint density at radius 1 is 1.38 bits per heavy atom. The number of nitrogens with zero attached hydrogens (tertiary/aromatic N) is 3. The molecule has 0 radical (unpaired) electrons. The minimum Gasteiger partial charge on any atom is -0.478 e. The van der Waals surface area contributed by atoms with Crippen LogP contribution in [0.1, 0.15) is 46.4 Å². The van der Waals surface area contributed by atoms with Crippen LogP contribution < -0.4 is 15.0 Å². The molecule has 1 aromatic heterocycles. The van der Waals surface area contributed by atoms with Gasteiger partial charge < -0.3 is 15.0 Å². The topological polar surface area (TPSA) is 50.3 Å². The highest BCUT2D eigenvalue weighted by Gasteiger charge is 2.27. The second kappa shape index (κ2) is 6.60. The molecule has 0 spiro atoms. The van der Waals surface area contributed by atoms with Gasteiger partial charge in [0.1, 0.15) is 11.6 Å². The zero-order valence-corrected chi connectivity index (χ0v) is 13.9. The van der Waals surface area contributed by atoms with E-state index in [1.54, 1.807) is 0 Å². The van der Waals surface area contributed by atoms with Crippen LogP contribution in [0.15, 0.2) is 6.07 Å². The molecule has 0 saturated carbocycles. The van der Waals surface area contributed by atoms with Gasteiger partial charge in [0.2, 0.25) is 5.88 Å². The minimum absolute atomic E-state index is 0.145. The first kappa shape index (κ1) is 16.0. The SMILES string of the molecule is CCOc1cc(N2CCCC2CNC(C)(C)C)nc(C)n1. The van der Waals surface area contributed by atoms with Gasteiger partial charge in [-0.15, -0.1) is 0 Å². The summed E-state index contributed by atoms with van der Waals surface area (Å²) in [5.41, 5.74) is 0.145. The summed E-state index contributed by atoms with van der Waals surface area (Å²) in [6, 6.07) is 2.46. The summed E-state index contributed by atoms with van der Waals surface area (Å²) in [5.74, 6) is 2.43. The Hall–Kier alpha value is -1.36. The molecular formula is C16H28N4O. The van der Waals surface area contributed by atoms with Gasteiger partial charge in [-0.05, 0) is 47.5 Å². The molecule has 1 aliphatic rings. The highest BCUT2D eigenvalue weighted by Crippen LogP contribution is 2.26. The summed E-state index contributed by atoms with van der Waals surface area (Å²) in [5, 5.41) is 3.60. The average Bonchev–Trinajstić information content (AvgIpc) is 2.83. The third kappa shape index (κ3) is 4.56. The molecule has 0 amide bonds. The predicted molar refractivity (Wildman–Crippen MR) is 86.1 cm³/mol. The van der Waals surface area contributed by atoms with Crippen molar-refractivity contribution in [2.24, 2.45) is 0 Å². The molecule has 1 aliphatic heterocycles. The first-order chi connectivity index (χ1) is 9.89. The van der Waals surface area contributed by atoms with Crippen molar-refractivity contribution < 1.29 is 4.74 Å². The van der Waals surface area contributed by atoms with Gasteiger partial charge in [0, 0.05) is 30.7 Å². The summed E-state index contributed by atoms with van der Waals surface area (Å²) in [4.78, 5) is 11.3. The van der Waals surface area contributed by atoms with Crippen LogP contribution in [-0.2, 0) is 0 Å². The van der Waals surface area contributed by atoms with Crippen molar-refractivity contribution in [1.82, 2.24) is 15.3 Å². The molecule has 1 fully saturated rings. The van der Waals surface area contributed by atoms with E-state index in [4.69, 9.17) is 4.74 Å². The highest BCUT2D eigenvalue weighted by atomic mass is 16.5. The predicted octanol–water partition coefficient (Wildman–Crippen LogP) is 2.54. The van der Waals surface area contributed by atoms with Gasteiger partial charge >= 0.3 is 0 Å². The first-order valence-electron chi connectivity index (χ1n) is 7.89. The molecule has 118 valence electrons. The van der Waals surface area contributed by atoms with Gasteiger partial charge in [-0.3, -0.25) is 0 Å². The van der Waals surface area contributed by atoms with Gasteiger partial charge in [-0.1, -0.05) is 0 Å². The van der Waals surface area contributed by atoms with E-state index < -0.39 is 0 Å². The summed E-state index contributed by atoms with van der Waals surface area (Å²) >= 11 is 0. The Kier molecular flexibility index (Phi) is 5.04. The number of rotatable bonds is 5. The molecule has 2 rings (SSSR count). The lowest BCUT2D eigenvalue weighted by atomic mass is 10.1. The summed E-state index contributed by atoms with van der Waals surface area (Å²) in [6.07, 6.45) is 2.42. The molecule has 1 aromatic rings. The normalized spacial score (nSPS) is 19.1. The standard InChI is InChI=1S/C16H28N4O/c1-6-21-15-10-14(18-12(2)19-15)20-9-7-8-13(20)11-17-16(3,4)5/h10,13,17H,6-9,11H2,1-5H3. The quantitative estimate of drug-likeness (QED) is 0.904. The van der Waals surface area contributed by atoms with Crippen molar-refractivity contribution >= 4 is 5.82 Å². The van der Waals surface area contributed by atoms with Gasteiger partial charge in [0.05, 0.1) is 6.61 Å². The maximum atomic E-state index is 5.54. The number of hydrogen-bond donors (Lipinski definition) is 1. The van der Waals surface area contributed by atoms with Gasteiger partial charge in [0.15, 0.2) is 0 Å². The number of aryl methyl sites for hydroxylation is 1. The molecular weight excluding hydrogens is 264 g/mol. The molecule has 1 unspecified atom stereocenters. The number of aromatic nitrogens is 2. The Labute approximate surface area is 128 Å². The van der Waals surface area contributed by atoms with E-state index in [1.807, 2.05) is 19.9 Å². The number of ether oxygens (including phenoxy) is 1. The first-order valence-corrected chi connectivity index (χ1v) is 7.89. The molecule has 0 aliphatic carbocycles. The fraction of sp³-hybridized carbons (Fsp3) is 0.750. The lowest BCUT2D eigenvalue weighted by molar-refractivity contribution is 0.325. The van der Waals surface area contributed by atoms with E-state index in [9.17, 15) is 0 Å². The maximum absolute atomic E-state index is 5.54. The van der Waals surface area contributed by atoms with Crippen LogP contribution in [0, 0.1) is 6.92 Å². The Balaban J connectivity index is 2.12. The number of nitrogens with one attached hydrogen (secondary N) is 1. The largest absolute Gasteiger partial charge is 0.478 e. The molecule has 5 heteroatoms. The van der Waals surface area contributed by atoms with E-state index in [-0.39, 0.29) is 5.54 Å². The van der Waals surface area contributed by atoms with Crippen LogP contribution in [0.25, 0.3) is 0 Å². The fourth-order valence-electron chi connectivity index (χ4n) is 2.67. The molecule has 5 nitrogen and oxygen atoms in total. The minimum atomic E-state index is 0.145. The lowest BCUT2D eigenvalue weighted by Crippen LogP contribution is -2.45. The van der Waals surface area contributed by atoms with E-state index in [2.05, 4.69) is 41.0 Å². The molecule has 1 atom stereocenters. The summed E-state index contributed by atoms with van der Waals surface area (Å²) in [6.45, 7) is 13.2. The fourth-order valence-corrected chi connectivity index (χ4v) is 2.67. The van der Waals surface area contributed by atoms with Crippen molar-refractivity contribution in [3.63, 3.8) is 0 Å². The highest BCUT2D eigenvalue weighted by molar-refractivity contribution is 5.44. The summed E-state index contributed by atoms with van der Waals surface area (Å²) in [7, 11) is 0. The number of hydrogen-bond acceptors (Lipinski definition) is 5. The van der Waals surface area contributed by atoms with Crippen LogP contribution in [0.4, 0.5) is 5.82 Å². The van der Waals surface area contributed by atoms with E-state index in [0.717, 1.165) is 24.7 Å². The maximum Gasteiger partial charge on any atom is 0.218 e. The van der Waals surface area contributed by atoms with E-state index in [1.165, 1.54) is 12.8 Å². The van der Waals surface area contributed by atoms with Crippen molar-refractivity contribution in [1.29, 1.82) is 0 Å². The Bertz CT molecular complexity index is 470. The molecule has 1 N–H and O–H groups in total. The van der Waals surface area contributed by atoms with Crippen LogP contribution in [-0.4, -0.2) is 41.2 Å². The van der Waals surface area contributed by atoms with Gasteiger partial charge in [-0.2, -0.15) is 4.98 Å². The Morgan fingerprint density at radius 2 is 2.14 bits per heavy atom. The smallest absolute Gasteiger partial charge is 0.218 e. The second-order valence-corrected chi connectivity index (χ2v) is 6.66. The van der Waals surface area contributed by atoms with Crippen molar-refractivity contribution in [3.8, 4) is 5.88 Å². The monoisotopic (exact) mass is 292 g/mol. The molecule has 2 heterocycles. The average molecular weight is 292 g/mol. The van der Waals surface area contributed by atoms with Crippen LogP contribution in [0.2, 0.25) is 0 Å². The number of anilines is 1. The van der Waals surface area contributed by atoms with Crippen LogP contribution >= 0.6 is 0 Å². The van der Waals surface area contributed by atoms with Crippen LogP contribution in [0.5, 0.6) is 5.88 Å². The molecule has 0 bridgehead atoms. The van der Waals surface area contributed by atoms with E-state index in [0.29, 0.717) is 18.5 Å². The van der Waals surface area contributed by atoms with Crippen molar-refractivity contribution in [3.05, 3.63) is 11.9 Å². The lowest BCUT2D eigenvalue weighted by Gasteiger charge is -2.30. The van der Waals surface area contributed by atoms with Crippen molar-refractivity contribution in [2.75, 3.05) is 24.6 Å². The second-order valence-electron chi connectivity index (χ2n) is 6.66. The molecule has 0 aromatic carbocycles. The van der Waals surface area contributed by atoms with Gasteiger partial charge in [-0.25, -0.2) is 4.98 Å². The molecule has 21 heavy (non-hydrogen) atoms. The van der Waals surface area contributed by atoms with Crippen molar-refractivity contribution in [2.45, 2.75) is 59.0 Å². The zero-order valence-electron chi connectivity index (χ0n) is 13.9. The zero-order chi connectivity index (χ0) is 15.5. The third-order valence-electron chi connectivity index (χ3n) is 3.63. The third-order valence-corrected chi connectivity index (χ3v) is 3.63. The Morgan fingerprint density at radius 3 is 2.81 bits per heavy atom. The van der Waals surface area contributed by atoms with E-state index >= 15 is 0 Å².